The summed E-state index contributed by atoms with van der Waals surface area (Å²) in [6.07, 6.45) is 0.991. The number of carbonyl (C=O) groups excluding carboxylic acids is 1. The van der Waals surface area contributed by atoms with Crippen LogP contribution in [0.2, 0.25) is 5.02 Å². The molecule has 0 radical (unpaired) electrons. The maximum atomic E-state index is 12.6. The van der Waals surface area contributed by atoms with E-state index in [1.54, 1.807) is 26.8 Å². The van der Waals surface area contributed by atoms with Gasteiger partial charge in [0, 0.05) is 36.4 Å². The van der Waals surface area contributed by atoms with E-state index in [9.17, 15) is 13.2 Å². The second-order valence-electron chi connectivity index (χ2n) is 8.65. The quantitative estimate of drug-likeness (QED) is 0.705. The van der Waals surface area contributed by atoms with E-state index in [-0.39, 0.29) is 21.4 Å². The third-order valence-electron chi connectivity index (χ3n) is 4.88. The minimum Gasteiger partial charge on any atom is -0.371 e. The van der Waals surface area contributed by atoms with Crippen LogP contribution in [0.5, 0.6) is 0 Å². The number of benzene rings is 2. The average Bonchev–Trinajstić information content (AvgIpc) is 3.14. The number of para-hydroxylation sites is 1. The number of halogens is 1. The predicted octanol–water partition coefficient (Wildman–Crippen LogP) is 3.67. The van der Waals surface area contributed by atoms with Crippen LogP contribution >= 0.6 is 11.6 Å². The number of amides is 1. The number of rotatable bonds is 6. The van der Waals surface area contributed by atoms with Crippen LogP contribution in [-0.2, 0) is 10.0 Å². The Morgan fingerprint density at radius 1 is 1.17 bits per heavy atom. The van der Waals surface area contributed by atoms with E-state index in [4.69, 9.17) is 11.6 Å². The highest BCUT2D eigenvalue weighted by Crippen LogP contribution is 2.25. The third kappa shape index (κ3) is 5.74. The Hall–Kier alpha value is -2.09. The minimum atomic E-state index is -3.84. The lowest BCUT2D eigenvalue weighted by atomic mass is 10.1. The van der Waals surface area contributed by atoms with Gasteiger partial charge < -0.3 is 10.2 Å². The first kappa shape index (κ1) is 22.6. The Bertz CT molecular complexity index is 1000. The lowest BCUT2D eigenvalue weighted by Gasteiger charge is -2.21. The van der Waals surface area contributed by atoms with Crippen molar-refractivity contribution in [2.45, 2.75) is 37.6 Å². The molecule has 1 saturated heterocycles. The van der Waals surface area contributed by atoms with Crippen molar-refractivity contribution in [3.63, 3.8) is 0 Å². The number of nitrogens with one attached hydrogen (secondary N) is 2. The van der Waals surface area contributed by atoms with Crippen LogP contribution < -0.4 is 14.9 Å². The average molecular weight is 450 g/mol. The first-order valence-corrected chi connectivity index (χ1v) is 11.8. The summed E-state index contributed by atoms with van der Waals surface area (Å²) in [6, 6.07) is 14.5. The van der Waals surface area contributed by atoms with Crippen LogP contribution in [0.4, 0.5) is 5.69 Å². The van der Waals surface area contributed by atoms with Gasteiger partial charge >= 0.3 is 0 Å². The van der Waals surface area contributed by atoms with Gasteiger partial charge in [0.25, 0.3) is 5.91 Å². The van der Waals surface area contributed by atoms with Crippen molar-refractivity contribution in [1.82, 2.24) is 10.0 Å². The van der Waals surface area contributed by atoms with Gasteiger partial charge in [-0.2, -0.15) is 0 Å². The molecule has 3 rings (SSSR count). The highest BCUT2D eigenvalue weighted by molar-refractivity contribution is 7.89. The van der Waals surface area contributed by atoms with Crippen LogP contribution in [0.15, 0.2) is 53.4 Å². The number of nitrogens with zero attached hydrogens (tertiary/aromatic N) is 1. The summed E-state index contributed by atoms with van der Waals surface area (Å²) in [5.41, 5.74) is 0.796. The highest BCUT2D eigenvalue weighted by Gasteiger charge is 2.26. The molecule has 2 aromatic rings. The van der Waals surface area contributed by atoms with Crippen molar-refractivity contribution >= 4 is 33.2 Å². The fourth-order valence-electron chi connectivity index (χ4n) is 3.52. The second kappa shape index (κ2) is 8.96. The van der Waals surface area contributed by atoms with Crippen molar-refractivity contribution in [2.75, 3.05) is 24.5 Å². The van der Waals surface area contributed by atoms with Gasteiger partial charge in [-0.15, -0.1) is 0 Å². The van der Waals surface area contributed by atoms with Crippen LogP contribution in [0, 0.1) is 5.92 Å². The van der Waals surface area contributed by atoms with Gasteiger partial charge in [-0.05, 0) is 63.4 Å². The number of sulfonamides is 1. The van der Waals surface area contributed by atoms with Crippen molar-refractivity contribution in [1.29, 1.82) is 0 Å². The summed E-state index contributed by atoms with van der Waals surface area (Å²) < 4.78 is 27.9. The summed E-state index contributed by atoms with van der Waals surface area (Å²) in [5, 5.41) is 3.02. The normalized spacial score (nSPS) is 17.2. The fraction of sp³-hybridized carbons (Fsp3) is 0.409. The molecule has 0 spiro atoms. The third-order valence-corrected chi connectivity index (χ3v) is 7.12. The molecule has 30 heavy (non-hydrogen) atoms. The van der Waals surface area contributed by atoms with Crippen molar-refractivity contribution in [3.8, 4) is 0 Å². The molecule has 1 atom stereocenters. The van der Waals surface area contributed by atoms with Crippen molar-refractivity contribution in [3.05, 3.63) is 59.1 Å². The van der Waals surface area contributed by atoms with Gasteiger partial charge in [-0.1, -0.05) is 29.8 Å². The fourth-order valence-corrected chi connectivity index (χ4v) is 5.47. The lowest BCUT2D eigenvalue weighted by molar-refractivity contribution is 0.0948. The van der Waals surface area contributed by atoms with E-state index in [0.29, 0.717) is 12.5 Å². The number of hydrogen-bond acceptors (Lipinski definition) is 4. The number of hydrogen-bond donors (Lipinski definition) is 2. The van der Waals surface area contributed by atoms with E-state index in [2.05, 4.69) is 27.1 Å². The van der Waals surface area contributed by atoms with Crippen LogP contribution in [0.25, 0.3) is 0 Å². The molecule has 1 aliphatic rings. The molecule has 0 aromatic heterocycles. The largest absolute Gasteiger partial charge is 0.371 e. The smallest absolute Gasteiger partial charge is 0.251 e. The number of anilines is 1. The Morgan fingerprint density at radius 3 is 2.53 bits per heavy atom. The molecule has 8 heteroatoms. The summed E-state index contributed by atoms with van der Waals surface area (Å²) >= 11 is 6.11. The van der Waals surface area contributed by atoms with Gasteiger partial charge in [0.1, 0.15) is 4.90 Å². The Morgan fingerprint density at radius 2 is 1.87 bits per heavy atom. The van der Waals surface area contributed by atoms with Gasteiger partial charge in [0.2, 0.25) is 10.0 Å². The molecule has 162 valence electrons. The summed E-state index contributed by atoms with van der Waals surface area (Å²) in [4.78, 5) is 14.9. The molecule has 0 aliphatic carbocycles. The monoisotopic (exact) mass is 449 g/mol. The van der Waals surface area contributed by atoms with E-state index in [1.165, 1.54) is 17.8 Å². The topological polar surface area (TPSA) is 78.5 Å². The molecule has 1 fully saturated rings. The standard InChI is InChI=1S/C22H28ClN3O3S/c1-22(2,3)25-30(28,29)20-13-17(9-10-19(20)23)21(27)24-14-16-11-12-26(15-16)18-7-5-4-6-8-18/h4-10,13,16,25H,11-12,14-15H2,1-3H3,(H,24,27). The Labute approximate surface area is 183 Å². The van der Waals surface area contributed by atoms with Crippen LogP contribution in [0.1, 0.15) is 37.6 Å². The molecule has 1 amide bonds. The summed E-state index contributed by atoms with van der Waals surface area (Å²) in [5.74, 6) is 0.0317. The van der Waals surface area contributed by atoms with Gasteiger partial charge in [-0.25, -0.2) is 13.1 Å². The van der Waals surface area contributed by atoms with Gasteiger partial charge in [-0.3, -0.25) is 4.79 Å². The zero-order valence-electron chi connectivity index (χ0n) is 17.5. The van der Waals surface area contributed by atoms with Crippen LogP contribution in [0.3, 0.4) is 0 Å². The molecule has 1 heterocycles. The van der Waals surface area contributed by atoms with Crippen LogP contribution in [-0.4, -0.2) is 39.5 Å². The lowest BCUT2D eigenvalue weighted by Crippen LogP contribution is -2.40. The molecular weight excluding hydrogens is 422 g/mol. The van der Waals surface area contributed by atoms with E-state index < -0.39 is 15.6 Å². The Balaban J connectivity index is 1.64. The predicted molar refractivity (Wildman–Crippen MR) is 121 cm³/mol. The molecule has 6 nitrogen and oxygen atoms in total. The van der Waals surface area contributed by atoms with E-state index >= 15 is 0 Å². The van der Waals surface area contributed by atoms with Crippen molar-refractivity contribution < 1.29 is 13.2 Å². The number of carbonyl (C=O) groups is 1. The minimum absolute atomic E-state index is 0.0811. The van der Waals surface area contributed by atoms with E-state index in [0.717, 1.165) is 19.5 Å². The van der Waals surface area contributed by atoms with E-state index in [1.807, 2.05) is 18.2 Å². The van der Waals surface area contributed by atoms with Gasteiger partial charge in [0.05, 0.1) is 5.02 Å². The molecule has 2 N–H and O–H groups in total. The Kier molecular flexibility index (Phi) is 6.75. The molecule has 2 aromatic carbocycles. The zero-order valence-corrected chi connectivity index (χ0v) is 19.1. The van der Waals surface area contributed by atoms with Crippen molar-refractivity contribution in [2.24, 2.45) is 5.92 Å². The SMILES string of the molecule is CC(C)(C)NS(=O)(=O)c1cc(C(=O)NCC2CCN(c3ccccc3)C2)ccc1Cl. The maximum Gasteiger partial charge on any atom is 0.251 e. The molecule has 1 aliphatic heterocycles. The summed E-state index contributed by atoms with van der Waals surface area (Å²) in [6.45, 7) is 7.60. The first-order chi connectivity index (χ1) is 14.0. The molecule has 1 unspecified atom stereocenters. The zero-order chi connectivity index (χ0) is 21.9. The first-order valence-electron chi connectivity index (χ1n) is 9.97. The maximum absolute atomic E-state index is 12.6. The molecule has 0 bridgehead atoms. The van der Waals surface area contributed by atoms with Gasteiger partial charge in [0.15, 0.2) is 0 Å². The molecule has 0 saturated carbocycles. The summed E-state index contributed by atoms with van der Waals surface area (Å²) in [7, 11) is -3.84. The second-order valence-corrected chi connectivity index (χ2v) is 10.7. The molecular formula is C22H28ClN3O3S. The highest BCUT2D eigenvalue weighted by atomic mass is 35.5.